The number of rotatable bonds is 3. The van der Waals surface area contributed by atoms with Crippen LogP contribution in [0.3, 0.4) is 0 Å². The summed E-state index contributed by atoms with van der Waals surface area (Å²) >= 11 is 5.68. The van der Waals surface area contributed by atoms with E-state index in [2.05, 4.69) is 0 Å². The number of hydrogen-bond donors (Lipinski definition) is 0. The molecule has 3 heteroatoms. The van der Waals surface area contributed by atoms with Gasteiger partial charge in [0.25, 0.3) is 0 Å². The number of carbonyl (C=O) groups excluding carboxylic acids is 1. The van der Waals surface area contributed by atoms with Crippen LogP contribution in [0.4, 0.5) is 4.39 Å². The Morgan fingerprint density at radius 2 is 2.15 bits per heavy atom. The molecule has 0 radical (unpaired) electrons. The maximum absolute atomic E-state index is 12.4. The van der Waals surface area contributed by atoms with Gasteiger partial charge in [-0.1, -0.05) is 17.7 Å². The minimum absolute atomic E-state index is 0.0250. The van der Waals surface area contributed by atoms with Crippen molar-refractivity contribution in [3.63, 3.8) is 0 Å². The Kier molecular flexibility index (Phi) is 3.43. The van der Waals surface area contributed by atoms with E-state index in [1.165, 1.54) is 6.92 Å². The summed E-state index contributed by atoms with van der Waals surface area (Å²) in [5.74, 6) is 0.0250. The van der Waals surface area contributed by atoms with E-state index >= 15 is 0 Å². The van der Waals surface area contributed by atoms with Crippen LogP contribution in [0.1, 0.15) is 18.1 Å². The van der Waals surface area contributed by atoms with Gasteiger partial charge in [0.15, 0.2) is 0 Å². The maximum Gasteiger partial charge on any atom is 0.134 e. The van der Waals surface area contributed by atoms with Gasteiger partial charge in [0.1, 0.15) is 12.5 Å². The van der Waals surface area contributed by atoms with Crippen molar-refractivity contribution in [2.45, 2.75) is 20.0 Å². The average molecular weight is 201 g/mol. The Labute approximate surface area is 81.5 Å². The third-order valence-electron chi connectivity index (χ3n) is 1.75. The molecular formula is C10H10ClFO. The van der Waals surface area contributed by atoms with Crippen molar-refractivity contribution in [3.05, 3.63) is 34.3 Å². The molecular weight excluding hydrogens is 191 g/mol. The first-order valence-corrected chi connectivity index (χ1v) is 4.34. The number of hydrogen-bond acceptors (Lipinski definition) is 1. The number of benzene rings is 1. The molecule has 13 heavy (non-hydrogen) atoms. The fourth-order valence-electron chi connectivity index (χ4n) is 1.16. The van der Waals surface area contributed by atoms with Crippen LogP contribution < -0.4 is 0 Å². The highest BCUT2D eigenvalue weighted by Gasteiger charge is 2.05. The Balaban J connectivity index is 2.99. The summed E-state index contributed by atoms with van der Waals surface area (Å²) in [6, 6.07) is 4.91. The Morgan fingerprint density at radius 1 is 1.46 bits per heavy atom. The second-order valence-electron chi connectivity index (χ2n) is 2.93. The first-order chi connectivity index (χ1) is 6.13. The van der Waals surface area contributed by atoms with Crippen LogP contribution in [0.2, 0.25) is 5.02 Å². The molecule has 0 aliphatic rings. The molecule has 1 aromatic rings. The monoisotopic (exact) mass is 200 g/mol. The number of alkyl halides is 1. The number of carbonyl (C=O) groups is 1. The van der Waals surface area contributed by atoms with Gasteiger partial charge in [-0.3, -0.25) is 4.79 Å². The van der Waals surface area contributed by atoms with Gasteiger partial charge in [-0.05, 0) is 30.2 Å². The van der Waals surface area contributed by atoms with Gasteiger partial charge in [0.2, 0.25) is 0 Å². The van der Waals surface area contributed by atoms with Crippen molar-refractivity contribution in [3.8, 4) is 0 Å². The SMILES string of the molecule is CC(=O)Cc1ccc(Cl)cc1CF. The highest BCUT2D eigenvalue weighted by Crippen LogP contribution is 2.17. The molecule has 0 spiro atoms. The normalized spacial score (nSPS) is 10.1. The molecule has 0 aliphatic heterocycles. The van der Waals surface area contributed by atoms with Crippen LogP contribution in [0, 0.1) is 0 Å². The van der Waals surface area contributed by atoms with Crippen LogP contribution in [-0.4, -0.2) is 5.78 Å². The quantitative estimate of drug-likeness (QED) is 0.733. The van der Waals surface area contributed by atoms with Crippen molar-refractivity contribution in [1.29, 1.82) is 0 Å². The molecule has 1 nitrogen and oxygen atoms in total. The summed E-state index contributed by atoms with van der Waals surface area (Å²) in [4.78, 5) is 10.8. The fraction of sp³-hybridized carbons (Fsp3) is 0.300. The summed E-state index contributed by atoms with van der Waals surface area (Å²) < 4.78 is 12.4. The Hall–Kier alpha value is -0.890. The van der Waals surface area contributed by atoms with E-state index in [4.69, 9.17) is 11.6 Å². The Morgan fingerprint density at radius 3 is 2.69 bits per heavy atom. The van der Waals surface area contributed by atoms with Crippen LogP contribution in [0.25, 0.3) is 0 Å². The van der Waals surface area contributed by atoms with Gasteiger partial charge in [0.05, 0.1) is 0 Å². The van der Waals surface area contributed by atoms with Gasteiger partial charge in [-0.25, -0.2) is 4.39 Å². The fourth-order valence-corrected chi connectivity index (χ4v) is 1.35. The standard InChI is InChI=1S/C10H10ClFO/c1-7(13)4-8-2-3-10(11)5-9(8)6-12/h2-3,5H,4,6H2,1H3. The largest absolute Gasteiger partial charge is 0.300 e. The molecule has 0 N–H and O–H groups in total. The zero-order valence-electron chi connectivity index (χ0n) is 7.31. The molecule has 0 aliphatic carbocycles. The second-order valence-corrected chi connectivity index (χ2v) is 3.36. The smallest absolute Gasteiger partial charge is 0.134 e. The summed E-state index contributed by atoms with van der Waals surface area (Å²) in [7, 11) is 0. The van der Waals surface area contributed by atoms with Crippen molar-refractivity contribution in [2.24, 2.45) is 0 Å². The summed E-state index contributed by atoms with van der Waals surface area (Å²) in [6.07, 6.45) is 0.274. The second kappa shape index (κ2) is 4.38. The highest BCUT2D eigenvalue weighted by molar-refractivity contribution is 6.30. The first kappa shape index (κ1) is 10.2. The molecule has 1 aromatic carbocycles. The number of halogens is 2. The highest BCUT2D eigenvalue weighted by atomic mass is 35.5. The average Bonchev–Trinajstić information content (AvgIpc) is 2.07. The van der Waals surface area contributed by atoms with Gasteiger partial charge < -0.3 is 0 Å². The molecule has 1 rings (SSSR count). The van der Waals surface area contributed by atoms with E-state index < -0.39 is 6.67 Å². The third kappa shape index (κ3) is 2.81. The van der Waals surface area contributed by atoms with Crippen LogP contribution in [-0.2, 0) is 17.9 Å². The maximum atomic E-state index is 12.4. The lowest BCUT2D eigenvalue weighted by Gasteiger charge is -2.04. The molecule has 0 unspecified atom stereocenters. The van der Waals surface area contributed by atoms with Crippen molar-refractivity contribution in [2.75, 3.05) is 0 Å². The van der Waals surface area contributed by atoms with Crippen LogP contribution in [0.15, 0.2) is 18.2 Å². The van der Waals surface area contributed by atoms with E-state index in [9.17, 15) is 9.18 Å². The van der Waals surface area contributed by atoms with E-state index in [0.29, 0.717) is 10.6 Å². The van der Waals surface area contributed by atoms with E-state index in [-0.39, 0.29) is 12.2 Å². The summed E-state index contributed by atoms with van der Waals surface area (Å²) in [6.45, 7) is 0.903. The molecule has 0 aromatic heterocycles. The van der Waals surface area contributed by atoms with Gasteiger partial charge >= 0.3 is 0 Å². The lowest BCUT2D eigenvalue weighted by atomic mass is 10.0. The lowest BCUT2D eigenvalue weighted by molar-refractivity contribution is -0.116. The van der Waals surface area contributed by atoms with Crippen LogP contribution in [0.5, 0.6) is 0 Å². The number of ketones is 1. The first-order valence-electron chi connectivity index (χ1n) is 3.96. The molecule has 0 atom stereocenters. The van der Waals surface area contributed by atoms with E-state index in [1.807, 2.05) is 0 Å². The Bertz CT molecular complexity index is 323. The van der Waals surface area contributed by atoms with Gasteiger partial charge in [0, 0.05) is 11.4 Å². The van der Waals surface area contributed by atoms with E-state index in [0.717, 1.165) is 5.56 Å². The van der Waals surface area contributed by atoms with Gasteiger partial charge in [-0.15, -0.1) is 0 Å². The van der Waals surface area contributed by atoms with Crippen molar-refractivity contribution < 1.29 is 9.18 Å². The van der Waals surface area contributed by atoms with Gasteiger partial charge in [-0.2, -0.15) is 0 Å². The number of Topliss-reactive ketones (excluding diaryl/α,β-unsaturated/α-hetero) is 1. The zero-order chi connectivity index (χ0) is 9.84. The predicted molar refractivity (Wildman–Crippen MR) is 50.6 cm³/mol. The molecule has 0 bridgehead atoms. The lowest BCUT2D eigenvalue weighted by Crippen LogP contribution is -1.99. The summed E-state index contributed by atoms with van der Waals surface area (Å²) in [5, 5.41) is 0.500. The summed E-state index contributed by atoms with van der Waals surface area (Å²) in [5.41, 5.74) is 1.22. The predicted octanol–water partition coefficient (Wildman–Crippen LogP) is 2.94. The van der Waals surface area contributed by atoms with Crippen LogP contribution >= 0.6 is 11.6 Å². The topological polar surface area (TPSA) is 17.1 Å². The molecule has 0 saturated carbocycles. The third-order valence-corrected chi connectivity index (χ3v) is 1.99. The molecule has 70 valence electrons. The molecule has 0 amide bonds. The van der Waals surface area contributed by atoms with E-state index in [1.54, 1.807) is 18.2 Å². The minimum atomic E-state index is -0.580. The minimum Gasteiger partial charge on any atom is -0.300 e. The molecule has 0 heterocycles. The van der Waals surface area contributed by atoms with Crippen molar-refractivity contribution in [1.82, 2.24) is 0 Å². The van der Waals surface area contributed by atoms with Crippen molar-refractivity contribution >= 4 is 17.4 Å². The molecule has 0 fully saturated rings. The zero-order valence-corrected chi connectivity index (χ0v) is 8.07. The molecule has 0 saturated heterocycles.